The van der Waals surface area contributed by atoms with Crippen molar-refractivity contribution < 1.29 is 30.4 Å². The van der Waals surface area contributed by atoms with Crippen LogP contribution in [-0.2, 0) is 39.3 Å². The molecule has 2 nitrogen and oxygen atoms in total. The molecule has 8 rings (SSSR count). The number of fused-ring (bicyclic) bond motifs is 2. The first-order valence-corrected chi connectivity index (χ1v) is 18.0. The fraction of sp³-hybridized carbons (Fsp3) is 0.120. The van der Waals surface area contributed by atoms with Gasteiger partial charge in [-0.05, 0) is 64.1 Å². The van der Waals surface area contributed by atoms with Gasteiger partial charge in [0.2, 0.25) is 0 Å². The minimum atomic E-state index is 0. The fourth-order valence-corrected chi connectivity index (χ4v) is 5.93. The Labute approximate surface area is 336 Å². The van der Waals surface area contributed by atoms with Gasteiger partial charge in [-0.15, -0.1) is 42.1 Å². The molecule has 0 atom stereocenters. The van der Waals surface area contributed by atoms with E-state index in [0.717, 1.165) is 40.2 Å². The number of unbranched alkanes of at least 4 members (excludes halogenated alkanes) is 1. The standard InChI is InChI=1S/C29H28N2.3C7H7.Hf/c1-4-5-8-21-11-12-23-19-22-9-6-7-10-24(22)29(25(23)18-21)27-14-13-26(30-27)28-17-20(2)15-16-31(28)3;3*1-7-5-3-2-4-6-7;/h6-7,9-19H,4-5,8H2,1-3H3;3*2-6H,1H2;/q;3*-1;+4. The first kappa shape index (κ1) is 40.5. The monoisotopic (exact) mass is 857 g/mol. The van der Waals surface area contributed by atoms with Crippen LogP contribution in [0, 0.1) is 27.7 Å². The van der Waals surface area contributed by atoms with E-state index in [4.69, 9.17) is 4.98 Å². The van der Waals surface area contributed by atoms with E-state index in [0.29, 0.717) is 0 Å². The van der Waals surface area contributed by atoms with E-state index in [1.54, 1.807) is 0 Å². The van der Waals surface area contributed by atoms with Crippen molar-refractivity contribution in [3.05, 3.63) is 219 Å². The molecule has 0 spiro atoms. The van der Waals surface area contributed by atoms with Crippen LogP contribution in [0.25, 0.3) is 44.2 Å². The van der Waals surface area contributed by atoms with Crippen molar-refractivity contribution in [2.45, 2.75) is 33.1 Å². The largest absolute Gasteiger partial charge is 4.00 e. The van der Waals surface area contributed by atoms with Crippen LogP contribution in [-0.4, -0.2) is 0 Å². The van der Waals surface area contributed by atoms with Crippen molar-refractivity contribution in [1.29, 1.82) is 0 Å². The predicted octanol–water partition coefficient (Wildman–Crippen LogP) is 12.4. The summed E-state index contributed by atoms with van der Waals surface area (Å²) in [6.07, 6.45) is 5.66. The molecule has 3 heteroatoms. The van der Waals surface area contributed by atoms with Gasteiger partial charge < -0.3 is 4.98 Å². The van der Waals surface area contributed by atoms with Crippen LogP contribution >= 0.6 is 0 Å². The van der Waals surface area contributed by atoms with Crippen molar-refractivity contribution >= 4 is 21.5 Å². The summed E-state index contributed by atoms with van der Waals surface area (Å²) < 4.78 is 2.14. The zero-order valence-electron chi connectivity index (χ0n) is 31.3. The van der Waals surface area contributed by atoms with Gasteiger partial charge in [-0.3, -0.25) is 0 Å². The van der Waals surface area contributed by atoms with Crippen molar-refractivity contribution in [3.8, 4) is 22.6 Å². The first-order chi connectivity index (χ1) is 25.3. The molecule has 0 bridgehead atoms. The van der Waals surface area contributed by atoms with E-state index in [9.17, 15) is 0 Å². The predicted molar refractivity (Wildman–Crippen MR) is 223 cm³/mol. The quantitative estimate of drug-likeness (QED) is 0.0730. The summed E-state index contributed by atoms with van der Waals surface area (Å²) in [6.45, 7) is 15.5. The second-order valence-corrected chi connectivity index (χ2v) is 13.0. The van der Waals surface area contributed by atoms with Gasteiger partial charge >= 0.3 is 25.8 Å². The molecule has 2 heterocycles. The van der Waals surface area contributed by atoms with Crippen molar-refractivity contribution in [2.75, 3.05) is 0 Å². The number of pyridine rings is 1. The number of aromatic nitrogens is 2. The minimum Gasteiger partial charge on any atom is -0.652 e. The van der Waals surface area contributed by atoms with Crippen LogP contribution in [0.2, 0.25) is 0 Å². The number of hydrogen-bond acceptors (Lipinski definition) is 0. The molecule has 0 unspecified atom stereocenters. The smallest absolute Gasteiger partial charge is 0.652 e. The van der Waals surface area contributed by atoms with E-state index < -0.39 is 0 Å². The molecule has 8 aromatic rings. The summed E-state index contributed by atoms with van der Waals surface area (Å²) in [5.74, 6) is 0. The topological polar surface area (TPSA) is 18.0 Å². The molecule has 0 amide bonds. The normalized spacial score (nSPS) is 10.1. The van der Waals surface area contributed by atoms with Gasteiger partial charge in [0.05, 0.1) is 0 Å². The Morgan fingerprint density at radius 3 is 1.62 bits per heavy atom. The first-order valence-electron chi connectivity index (χ1n) is 18.0. The van der Waals surface area contributed by atoms with Crippen molar-refractivity contribution in [1.82, 2.24) is 4.98 Å². The Bertz CT molecular complexity index is 2180. The number of benzene rings is 6. The molecule has 53 heavy (non-hydrogen) atoms. The van der Waals surface area contributed by atoms with Gasteiger partial charge in [0.1, 0.15) is 7.05 Å². The van der Waals surface area contributed by atoms with Gasteiger partial charge in [-0.25, -0.2) is 4.57 Å². The fourth-order valence-electron chi connectivity index (χ4n) is 5.93. The number of rotatable bonds is 5. The van der Waals surface area contributed by atoms with Crippen LogP contribution in [0.5, 0.6) is 0 Å². The molecule has 6 aromatic carbocycles. The van der Waals surface area contributed by atoms with Crippen molar-refractivity contribution in [2.24, 2.45) is 7.05 Å². The third-order valence-electron chi connectivity index (χ3n) is 8.74. The summed E-state index contributed by atoms with van der Waals surface area (Å²) >= 11 is 0. The van der Waals surface area contributed by atoms with Crippen LogP contribution in [0.3, 0.4) is 0 Å². The van der Waals surface area contributed by atoms with Crippen LogP contribution in [0.15, 0.2) is 170 Å². The molecule has 0 fully saturated rings. The number of nitrogens with zero attached hydrogens (tertiary/aromatic N) is 2. The third-order valence-corrected chi connectivity index (χ3v) is 8.74. The maximum Gasteiger partial charge on any atom is 4.00 e. The molecular formula is C50H49HfN2+. The summed E-state index contributed by atoms with van der Waals surface area (Å²) in [6, 6.07) is 56.2. The SMILES string of the molecule is CCCCc1ccc2cc3ccccc3c(-c3ccc(-c4cc(C)cc[n+]4C)[n-]3)c2c1.[CH2-]c1ccccc1.[CH2-]c1ccccc1.[CH2-]c1ccccc1.[Hf+4]. The molecular weight excluding hydrogens is 807 g/mol. The molecule has 0 aliphatic carbocycles. The van der Waals surface area contributed by atoms with E-state index in [1.807, 2.05) is 91.0 Å². The molecule has 0 aliphatic rings. The van der Waals surface area contributed by atoms with E-state index in [-0.39, 0.29) is 25.8 Å². The molecule has 0 saturated carbocycles. The van der Waals surface area contributed by atoms with E-state index in [2.05, 4.69) is 125 Å². The Hall–Kier alpha value is -5.25. The van der Waals surface area contributed by atoms with Crippen LogP contribution < -0.4 is 9.55 Å². The molecule has 2 aromatic heterocycles. The Morgan fingerprint density at radius 2 is 1.08 bits per heavy atom. The summed E-state index contributed by atoms with van der Waals surface area (Å²) in [7, 11) is 2.08. The van der Waals surface area contributed by atoms with E-state index >= 15 is 0 Å². The molecule has 0 radical (unpaired) electrons. The Morgan fingerprint density at radius 1 is 0.547 bits per heavy atom. The summed E-state index contributed by atoms with van der Waals surface area (Å²) in [5, 5.41) is 5.10. The molecule has 0 saturated heterocycles. The zero-order chi connectivity index (χ0) is 36.7. The summed E-state index contributed by atoms with van der Waals surface area (Å²) in [5.41, 5.74) is 10.3. The third kappa shape index (κ3) is 11.9. The van der Waals surface area contributed by atoms with Gasteiger partial charge in [0.25, 0.3) is 0 Å². The van der Waals surface area contributed by atoms with Crippen molar-refractivity contribution in [3.63, 3.8) is 0 Å². The molecule has 0 N–H and O–H groups in total. The second-order valence-electron chi connectivity index (χ2n) is 13.0. The molecule has 0 aliphatic heterocycles. The minimum absolute atomic E-state index is 0. The Balaban J connectivity index is 0.000000229. The number of hydrogen-bond donors (Lipinski definition) is 0. The van der Waals surface area contributed by atoms with Crippen LogP contribution in [0.1, 0.15) is 47.6 Å². The average Bonchev–Trinajstić information content (AvgIpc) is 3.65. The second kappa shape index (κ2) is 20.7. The van der Waals surface area contributed by atoms with Gasteiger partial charge in [-0.2, -0.15) is 73.9 Å². The maximum atomic E-state index is 5.12. The zero-order valence-corrected chi connectivity index (χ0v) is 34.9. The Kier molecular flexibility index (Phi) is 15.8. The summed E-state index contributed by atoms with van der Waals surface area (Å²) in [4.78, 5) is 5.12. The van der Waals surface area contributed by atoms with Gasteiger partial charge in [0, 0.05) is 12.1 Å². The van der Waals surface area contributed by atoms with Gasteiger partial charge in [0.15, 0.2) is 11.9 Å². The van der Waals surface area contributed by atoms with Crippen LogP contribution in [0.4, 0.5) is 0 Å². The number of aryl methyl sites for hydroxylation is 3. The van der Waals surface area contributed by atoms with E-state index in [1.165, 1.54) is 51.1 Å². The average molecular weight is 856 g/mol. The molecule has 262 valence electrons. The maximum absolute atomic E-state index is 5.12. The van der Waals surface area contributed by atoms with Gasteiger partial charge in [-0.1, -0.05) is 91.8 Å².